The van der Waals surface area contributed by atoms with Crippen LogP contribution in [0.1, 0.15) is 25.7 Å². The maximum Gasteiger partial charge on any atom is 0.227 e. The third-order valence-corrected chi connectivity index (χ3v) is 5.39. The van der Waals surface area contributed by atoms with Gasteiger partial charge in [-0.3, -0.25) is 4.79 Å². The van der Waals surface area contributed by atoms with Crippen molar-refractivity contribution in [1.82, 2.24) is 4.98 Å². The van der Waals surface area contributed by atoms with E-state index in [-0.39, 0.29) is 42.7 Å². The van der Waals surface area contributed by atoms with Crippen molar-refractivity contribution in [2.24, 2.45) is 11.7 Å². The van der Waals surface area contributed by atoms with Crippen LogP contribution in [0.5, 0.6) is 0 Å². The Labute approximate surface area is 168 Å². The van der Waals surface area contributed by atoms with Gasteiger partial charge in [0.25, 0.3) is 0 Å². The molecule has 0 bridgehead atoms. The number of hydrogen-bond donors (Lipinski definition) is 3. The molecule has 1 atom stereocenters. The van der Waals surface area contributed by atoms with Crippen molar-refractivity contribution >= 4 is 68.9 Å². The predicted molar refractivity (Wildman–Crippen MR) is 111 cm³/mol. The van der Waals surface area contributed by atoms with Crippen LogP contribution in [0.25, 0.3) is 10.9 Å². The summed E-state index contributed by atoms with van der Waals surface area (Å²) in [6.45, 7) is 1.84. The van der Waals surface area contributed by atoms with E-state index >= 15 is 0 Å². The van der Waals surface area contributed by atoms with E-state index in [1.165, 1.54) is 0 Å². The number of nitrogens with two attached hydrogens (primary N) is 1. The van der Waals surface area contributed by atoms with Gasteiger partial charge in [-0.25, -0.2) is 0 Å². The zero-order valence-electron chi connectivity index (χ0n) is 13.8. The number of nitrogens with zero attached hydrogens (tertiary/aromatic N) is 1. The van der Waals surface area contributed by atoms with Gasteiger partial charge in [0.05, 0.1) is 11.4 Å². The number of rotatable bonds is 3. The van der Waals surface area contributed by atoms with E-state index in [1.54, 1.807) is 0 Å². The summed E-state index contributed by atoms with van der Waals surface area (Å²) in [5.74, 6) is 0.325. The highest BCUT2D eigenvalue weighted by atomic mass is 79.9. The number of aromatic amines is 1. The number of piperidine rings is 1. The van der Waals surface area contributed by atoms with Crippen molar-refractivity contribution in [3.8, 4) is 0 Å². The molecule has 4 rings (SSSR count). The van der Waals surface area contributed by atoms with Gasteiger partial charge in [-0.05, 0) is 53.7 Å². The van der Waals surface area contributed by atoms with Gasteiger partial charge in [-0.1, -0.05) is 0 Å². The van der Waals surface area contributed by atoms with E-state index < -0.39 is 0 Å². The maximum atomic E-state index is 12.2. The second-order valence-electron chi connectivity index (χ2n) is 6.63. The first-order valence-corrected chi connectivity index (χ1v) is 9.04. The summed E-state index contributed by atoms with van der Waals surface area (Å²) in [7, 11) is 0. The van der Waals surface area contributed by atoms with Crippen molar-refractivity contribution in [2.75, 3.05) is 23.3 Å². The topological polar surface area (TPSA) is 74.2 Å². The zero-order valence-corrected chi connectivity index (χ0v) is 17.0. The average Bonchev–Trinajstić information content (AvgIpc) is 3.31. The number of anilines is 2. The summed E-state index contributed by atoms with van der Waals surface area (Å²) in [5.41, 5.74) is 9.20. The molecule has 4 N–H and O–H groups in total. The fourth-order valence-electron chi connectivity index (χ4n) is 3.38. The molecule has 25 heavy (non-hydrogen) atoms. The van der Waals surface area contributed by atoms with Gasteiger partial charge >= 0.3 is 0 Å². The van der Waals surface area contributed by atoms with Gasteiger partial charge in [0.15, 0.2) is 0 Å². The van der Waals surface area contributed by atoms with Gasteiger partial charge in [0.2, 0.25) is 5.91 Å². The predicted octanol–water partition coefficient (Wildman–Crippen LogP) is 4.05. The lowest BCUT2D eigenvalue weighted by molar-refractivity contribution is -0.117. The standard InChI is InChI=1S/C17H21BrN4O.2ClH/c18-12-5-6-13-15(16(12)22-7-1-2-11(19)9-22)14(8-20-13)21-17(23)10-3-4-10;;/h5-6,8,10-11,20H,1-4,7,9,19H2,(H,21,23);2*1H/t11-;;/m1../s1. The van der Waals surface area contributed by atoms with E-state index in [0.29, 0.717) is 0 Å². The Kier molecular flexibility index (Phi) is 6.65. The SMILES string of the molecule is Cl.Cl.N[C@@H]1CCCN(c2c(Br)ccc3[nH]cc(NC(=O)C4CC4)c23)C1. The third kappa shape index (κ3) is 4.08. The number of aromatic nitrogens is 1. The lowest BCUT2D eigenvalue weighted by atomic mass is 10.0. The van der Waals surface area contributed by atoms with Crippen LogP contribution in [0, 0.1) is 5.92 Å². The second-order valence-corrected chi connectivity index (χ2v) is 7.49. The second kappa shape index (κ2) is 8.16. The molecule has 0 unspecified atom stereocenters. The number of carbonyl (C=O) groups excluding carboxylic acids is 1. The number of fused-ring (bicyclic) bond motifs is 1. The summed E-state index contributed by atoms with van der Waals surface area (Å²) in [6, 6.07) is 4.30. The number of H-pyrrole nitrogens is 1. The van der Waals surface area contributed by atoms with Gasteiger partial charge in [-0.15, -0.1) is 24.8 Å². The number of hydrogen-bond acceptors (Lipinski definition) is 3. The van der Waals surface area contributed by atoms with Gasteiger partial charge in [-0.2, -0.15) is 0 Å². The van der Waals surface area contributed by atoms with Crippen LogP contribution < -0.4 is 16.0 Å². The molecule has 2 fully saturated rings. The quantitative estimate of drug-likeness (QED) is 0.661. The van der Waals surface area contributed by atoms with E-state index in [4.69, 9.17) is 5.73 Å². The Bertz CT molecular complexity index is 762. The molecule has 2 heterocycles. The molecule has 0 radical (unpaired) electrons. The molecule has 2 aromatic rings. The molecule has 1 amide bonds. The van der Waals surface area contributed by atoms with Crippen LogP contribution in [0.3, 0.4) is 0 Å². The zero-order chi connectivity index (χ0) is 16.0. The van der Waals surface area contributed by atoms with E-state index in [1.807, 2.05) is 12.3 Å². The molecule has 2 aliphatic rings. The number of halogens is 3. The van der Waals surface area contributed by atoms with Gasteiger partial charge < -0.3 is 20.9 Å². The number of nitrogens with one attached hydrogen (secondary N) is 2. The Morgan fingerprint density at radius 3 is 2.72 bits per heavy atom. The molecule has 1 aromatic carbocycles. The minimum absolute atomic E-state index is 0. The monoisotopic (exact) mass is 448 g/mol. The first-order chi connectivity index (χ1) is 11.1. The highest BCUT2D eigenvalue weighted by Gasteiger charge is 2.30. The molecule has 5 nitrogen and oxygen atoms in total. The van der Waals surface area contributed by atoms with E-state index in [0.717, 1.165) is 65.5 Å². The number of benzene rings is 1. The average molecular weight is 450 g/mol. The Balaban J connectivity index is 0.00000113. The summed E-state index contributed by atoms with van der Waals surface area (Å²) in [6.07, 6.45) is 6.07. The number of carbonyl (C=O) groups is 1. The largest absolute Gasteiger partial charge is 0.368 e. The molecule has 8 heteroatoms. The maximum absolute atomic E-state index is 12.2. The lowest BCUT2D eigenvalue weighted by Crippen LogP contribution is -2.43. The van der Waals surface area contributed by atoms with Crippen LogP contribution in [0.2, 0.25) is 0 Å². The fraction of sp³-hybridized carbons (Fsp3) is 0.471. The van der Waals surface area contributed by atoms with Gasteiger partial charge in [0.1, 0.15) is 0 Å². The van der Waals surface area contributed by atoms with E-state index in [9.17, 15) is 4.79 Å². The van der Waals surface area contributed by atoms with Crippen LogP contribution in [-0.4, -0.2) is 30.0 Å². The van der Waals surface area contributed by atoms with Crippen LogP contribution in [0.4, 0.5) is 11.4 Å². The molecular weight excluding hydrogens is 427 g/mol. The molecule has 0 spiro atoms. The van der Waals surface area contributed by atoms with Crippen LogP contribution in [0.15, 0.2) is 22.8 Å². The van der Waals surface area contributed by atoms with Crippen LogP contribution in [-0.2, 0) is 4.79 Å². The molecule has 1 saturated carbocycles. The van der Waals surface area contributed by atoms with Crippen molar-refractivity contribution < 1.29 is 4.79 Å². The molecule has 138 valence electrons. The summed E-state index contributed by atoms with van der Waals surface area (Å²) >= 11 is 3.69. The fourth-order valence-corrected chi connectivity index (χ4v) is 3.96. The van der Waals surface area contributed by atoms with Crippen molar-refractivity contribution in [1.29, 1.82) is 0 Å². The van der Waals surface area contributed by atoms with E-state index in [2.05, 4.69) is 37.2 Å². The van der Waals surface area contributed by atoms with Crippen molar-refractivity contribution in [3.63, 3.8) is 0 Å². The lowest BCUT2D eigenvalue weighted by Gasteiger charge is -2.34. The Hall–Kier alpha value is -0.950. The minimum Gasteiger partial charge on any atom is -0.368 e. The Morgan fingerprint density at radius 1 is 1.28 bits per heavy atom. The smallest absolute Gasteiger partial charge is 0.227 e. The van der Waals surface area contributed by atoms with Crippen LogP contribution >= 0.6 is 40.7 Å². The first-order valence-electron chi connectivity index (χ1n) is 8.24. The molecule has 1 aromatic heterocycles. The third-order valence-electron chi connectivity index (χ3n) is 4.75. The molecule has 1 aliphatic carbocycles. The molecule has 1 aliphatic heterocycles. The first kappa shape index (κ1) is 20.4. The number of amides is 1. The highest BCUT2D eigenvalue weighted by Crippen LogP contribution is 2.40. The van der Waals surface area contributed by atoms with Crippen molar-refractivity contribution in [3.05, 3.63) is 22.8 Å². The highest BCUT2D eigenvalue weighted by molar-refractivity contribution is 9.10. The normalized spacial score (nSPS) is 19.9. The molecule has 1 saturated heterocycles. The van der Waals surface area contributed by atoms with Gasteiger partial charge in [0, 0.05) is 46.6 Å². The van der Waals surface area contributed by atoms with Crippen molar-refractivity contribution in [2.45, 2.75) is 31.7 Å². The molecular formula is C17H23BrCl2N4O. The summed E-state index contributed by atoms with van der Waals surface area (Å²) < 4.78 is 1.04. The minimum atomic E-state index is 0. The summed E-state index contributed by atoms with van der Waals surface area (Å²) in [4.78, 5) is 17.8. The Morgan fingerprint density at radius 2 is 2.04 bits per heavy atom. The summed E-state index contributed by atoms with van der Waals surface area (Å²) in [5, 5.41) is 4.17.